The Kier molecular flexibility index (Phi) is 6.59. The van der Waals surface area contributed by atoms with Gasteiger partial charge in [0.15, 0.2) is 11.5 Å². The molecule has 3 aromatic carbocycles. The number of ether oxygens (including phenoxy) is 4. The van der Waals surface area contributed by atoms with Crippen LogP contribution >= 0.6 is 0 Å². The fourth-order valence-electron chi connectivity index (χ4n) is 3.97. The van der Waals surface area contributed by atoms with Crippen LogP contribution in [0.2, 0.25) is 0 Å². The Morgan fingerprint density at radius 3 is 1.77 bits per heavy atom. The lowest BCUT2D eigenvalue weighted by Crippen LogP contribution is -2.44. The molecular formula is C26H24N2O7. The number of imide groups is 1. The summed E-state index contributed by atoms with van der Waals surface area (Å²) in [5.74, 6) is -0.177. The molecule has 3 amide bonds. The summed E-state index contributed by atoms with van der Waals surface area (Å²) in [6.07, 6.45) is 0. The van der Waals surface area contributed by atoms with E-state index in [1.54, 1.807) is 48.5 Å². The number of anilines is 1. The summed E-state index contributed by atoms with van der Waals surface area (Å²) in [5.41, 5.74) is 1.16. The molecule has 0 saturated carbocycles. The number of carbonyl (C=O) groups is 3. The average molecular weight is 476 g/mol. The van der Waals surface area contributed by atoms with Crippen LogP contribution in [0.15, 0.2) is 60.7 Å². The highest BCUT2D eigenvalue weighted by Crippen LogP contribution is 2.39. The molecule has 0 N–H and O–H groups in total. The zero-order valence-electron chi connectivity index (χ0n) is 19.7. The first-order valence-electron chi connectivity index (χ1n) is 10.6. The minimum absolute atomic E-state index is 0.196. The van der Waals surface area contributed by atoms with Gasteiger partial charge < -0.3 is 18.9 Å². The van der Waals surface area contributed by atoms with Crippen LogP contribution in [0, 0.1) is 0 Å². The minimum Gasteiger partial charge on any atom is -0.495 e. The SMILES string of the molecule is COc1ccccc1N(CN1C(=O)c2ccccc2C1=O)C(=O)c1cc(OC)c(OC)c(OC)c1. The average Bonchev–Trinajstić information content (AvgIpc) is 3.14. The van der Waals surface area contributed by atoms with Crippen molar-refractivity contribution in [3.63, 3.8) is 0 Å². The fourth-order valence-corrected chi connectivity index (χ4v) is 3.97. The zero-order valence-corrected chi connectivity index (χ0v) is 19.7. The highest BCUT2D eigenvalue weighted by molar-refractivity contribution is 6.22. The van der Waals surface area contributed by atoms with Crippen molar-refractivity contribution in [1.29, 1.82) is 0 Å². The monoisotopic (exact) mass is 476 g/mol. The third kappa shape index (κ3) is 4.12. The van der Waals surface area contributed by atoms with Crippen LogP contribution in [0.25, 0.3) is 0 Å². The number of benzene rings is 3. The lowest BCUT2D eigenvalue weighted by Gasteiger charge is -2.28. The van der Waals surface area contributed by atoms with E-state index in [2.05, 4.69) is 0 Å². The van der Waals surface area contributed by atoms with Gasteiger partial charge in [0.25, 0.3) is 17.7 Å². The normalized spacial score (nSPS) is 12.3. The third-order valence-electron chi connectivity index (χ3n) is 5.69. The van der Waals surface area contributed by atoms with Crippen LogP contribution in [-0.2, 0) is 0 Å². The van der Waals surface area contributed by atoms with E-state index >= 15 is 0 Å². The summed E-state index contributed by atoms with van der Waals surface area (Å²) in [4.78, 5) is 42.3. The molecular weight excluding hydrogens is 452 g/mol. The number of nitrogens with zero attached hydrogens (tertiary/aromatic N) is 2. The minimum atomic E-state index is -0.509. The predicted octanol–water partition coefficient (Wildman–Crippen LogP) is 3.62. The molecule has 0 bridgehead atoms. The molecule has 0 fully saturated rings. The maximum absolute atomic E-state index is 13.9. The Morgan fingerprint density at radius 1 is 0.743 bits per heavy atom. The highest BCUT2D eigenvalue weighted by atomic mass is 16.5. The van der Waals surface area contributed by atoms with Crippen molar-refractivity contribution in [1.82, 2.24) is 4.90 Å². The quantitative estimate of drug-likeness (QED) is 0.458. The second-order valence-electron chi connectivity index (χ2n) is 7.54. The molecule has 0 aliphatic carbocycles. The molecule has 3 aromatic rings. The molecule has 0 radical (unpaired) electrons. The van der Waals surface area contributed by atoms with Crippen molar-refractivity contribution in [3.8, 4) is 23.0 Å². The van der Waals surface area contributed by atoms with Crippen LogP contribution in [0.4, 0.5) is 5.69 Å². The van der Waals surface area contributed by atoms with E-state index in [0.29, 0.717) is 17.2 Å². The van der Waals surface area contributed by atoms with Gasteiger partial charge in [-0.2, -0.15) is 0 Å². The Balaban J connectivity index is 1.80. The summed E-state index contributed by atoms with van der Waals surface area (Å²) in [7, 11) is 5.83. The summed E-state index contributed by atoms with van der Waals surface area (Å²) >= 11 is 0. The lowest BCUT2D eigenvalue weighted by atomic mass is 10.1. The highest BCUT2D eigenvalue weighted by Gasteiger charge is 2.38. The Hall–Kier alpha value is -4.53. The number of hydrogen-bond donors (Lipinski definition) is 0. The van der Waals surface area contributed by atoms with Crippen molar-refractivity contribution in [2.45, 2.75) is 0 Å². The van der Waals surface area contributed by atoms with Gasteiger partial charge in [0.05, 0.1) is 45.3 Å². The first kappa shape index (κ1) is 23.6. The lowest BCUT2D eigenvalue weighted by molar-refractivity contribution is 0.0650. The number of amides is 3. The van der Waals surface area contributed by atoms with E-state index in [9.17, 15) is 14.4 Å². The largest absolute Gasteiger partial charge is 0.495 e. The Labute approximate surface area is 202 Å². The molecule has 9 heteroatoms. The fraction of sp³-hybridized carbons (Fsp3) is 0.192. The van der Waals surface area contributed by atoms with Crippen LogP contribution in [0.5, 0.6) is 23.0 Å². The van der Waals surface area contributed by atoms with Crippen molar-refractivity contribution in [3.05, 3.63) is 77.4 Å². The first-order valence-corrected chi connectivity index (χ1v) is 10.6. The first-order chi connectivity index (χ1) is 16.9. The van der Waals surface area contributed by atoms with Crippen LogP contribution in [-0.4, -0.2) is 57.7 Å². The molecule has 1 aliphatic heterocycles. The van der Waals surface area contributed by atoms with Gasteiger partial charge in [0.2, 0.25) is 5.75 Å². The molecule has 4 rings (SSSR count). The summed E-state index contributed by atoms with van der Waals surface area (Å²) in [6, 6.07) is 16.4. The van der Waals surface area contributed by atoms with Gasteiger partial charge in [-0.25, -0.2) is 0 Å². The zero-order chi connectivity index (χ0) is 25.1. The molecule has 9 nitrogen and oxygen atoms in total. The van der Waals surface area contributed by atoms with Gasteiger partial charge in [0.1, 0.15) is 12.4 Å². The van der Waals surface area contributed by atoms with E-state index in [-0.39, 0.29) is 34.9 Å². The van der Waals surface area contributed by atoms with Gasteiger partial charge >= 0.3 is 0 Å². The summed E-state index contributed by atoms with van der Waals surface area (Å²) in [6.45, 7) is -0.331. The van der Waals surface area contributed by atoms with Crippen molar-refractivity contribution in [2.24, 2.45) is 0 Å². The molecule has 0 unspecified atom stereocenters. The number of rotatable bonds is 8. The Bertz CT molecular complexity index is 1240. The molecule has 0 saturated heterocycles. The molecule has 1 aliphatic rings. The molecule has 1 heterocycles. The van der Waals surface area contributed by atoms with Crippen LogP contribution in [0.3, 0.4) is 0 Å². The van der Waals surface area contributed by atoms with E-state index in [0.717, 1.165) is 4.90 Å². The number of para-hydroxylation sites is 2. The summed E-state index contributed by atoms with van der Waals surface area (Å²) in [5, 5.41) is 0. The Morgan fingerprint density at radius 2 is 1.26 bits per heavy atom. The van der Waals surface area contributed by atoms with Gasteiger partial charge in [-0.15, -0.1) is 0 Å². The van der Waals surface area contributed by atoms with E-state index in [1.165, 1.54) is 45.5 Å². The maximum atomic E-state index is 13.9. The van der Waals surface area contributed by atoms with Gasteiger partial charge in [-0.3, -0.25) is 24.2 Å². The van der Waals surface area contributed by atoms with Crippen molar-refractivity contribution < 1.29 is 33.3 Å². The second-order valence-corrected chi connectivity index (χ2v) is 7.54. The van der Waals surface area contributed by atoms with Gasteiger partial charge in [-0.1, -0.05) is 24.3 Å². The topological polar surface area (TPSA) is 94.6 Å². The predicted molar refractivity (Wildman–Crippen MR) is 128 cm³/mol. The maximum Gasteiger partial charge on any atom is 0.263 e. The molecule has 0 spiro atoms. The molecule has 0 aromatic heterocycles. The standard InChI is InChI=1S/C26H24N2O7/c1-32-20-12-8-7-11-19(20)27(15-28-25(30)17-9-5-6-10-18(17)26(28)31)24(29)16-13-21(33-2)23(35-4)22(14-16)34-3/h5-14H,15H2,1-4H3. The molecule has 180 valence electrons. The van der Waals surface area contributed by atoms with Crippen molar-refractivity contribution >= 4 is 23.4 Å². The van der Waals surface area contributed by atoms with E-state index < -0.39 is 17.7 Å². The van der Waals surface area contributed by atoms with Crippen LogP contribution < -0.4 is 23.8 Å². The number of hydrogen-bond acceptors (Lipinski definition) is 7. The number of fused-ring (bicyclic) bond motifs is 1. The smallest absolute Gasteiger partial charge is 0.263 e. The third-order valence-corrected chi connectivity index (χ3v) is 5.69. The van der Waals surface area contributed by atoms with E-state index in [1.807, 2.05) is 0 Å². The van der Waals surface area contributed by atoms with Gasteiger partial charge in [0, 0.05) is 5.56 Å². The van der Waals surface area contributed by atoms with Gasteiger partial charge in [-0.05, 0) is 36.4 Å². The molecule has 0 atom stereocenters. The number of methoxy groups -OCH3 is 4. The van der Waals surface area contributed by atoms with E-state index in [4.69, 9.17) is 18.9 Å². The number of carbonyl (C=O) groups excluding carboxylic acids is 3. The van der Waals surface area contributed by atoms with Crippen molar-refractivity contribution in [2.75, 3.05) is 40.0 Å². The van der Waals surface area contributed by atoms with Crippen LogP contribution in [0.1, 0.15) is 31.1 Å². The molecule has 35 heavy (non-hydrogen) atoms. The summed E-state index contributed by atoms with van der Waals surface area (Å²) < 4.78 is 21.6. The second kappa shape index (κ2) is 9.76.